The normalized spacial score (nSPS) is 34.4. The Labute approximate surface area is 100 Å². The van der Waals surface area contributed by atoms with E-state index in [-0.39, 0.29) is 6.10 Å². The molecule has 4 atom stereocenters. The van der Waals surface area contributed by atoms with Gasteiger partial charge in [0, 0.05) is 5.92 Å². The minimum absolute atomic E-state index is 0.171. The fraction of sp³-hybridized carbons (Fsp3) is 0.692. The lowest BCUT2D eigenvalue weighted by Crippen LogP contribution is -2.29. The summed E-state index contributed by atoms with van der Waals surface area (Å²) in [5.41, 5.74) is 1.35. The lowest BCUT2D eigenvalue weighted by atomic mass is 9.83. The van der Waals surface area contributed by atoms with E-state index in [0.29, 0.717) is 18.1 Å². The van der Waals surface area contributed by atoms with Crippen LogP contribution >= 0.6 is 11.3 Å². The fourth-order valence-electron chi connectivity index (χ4n) is 3.05. The molecule has 2 bridgehead atoms. The van der Waals surface area contributed by atoms with Crippen molar-refractivity contribution in [3.05, 3.63) is 22.4 Å². The maximum Gasteiger partial charge on any atom is 0.0633 e. The van der Waals surface area contributed by atoms with E-state index in [1.54, 1.807) is 11.3 Å². The first kappa shape index (κ1) is 10.8. The van der Waals surface area contributed by atoms with Crippen LogP contribution in [0.3, 0.4) is 0 Å². The minimum Gasteiger partial charge on any atom is -0.393 e. The Morgan fingerprint density at radius 2 is 2.44 bits per heavy atom. The number of fused-ring (bicyclic) bond motifs is 2. The molecule has 0 aromatic carbocycles. The van der Waals surface area contributed by atoms with Crippen molar-refractivity contribution in [2.45, 2.75) is 50.4 Å². The van der Waals surface area contributed by atoms with Crippen molar-refractivity contribution in [2.75, 3.05) is 0 Å². The maximum absolute atomic E-state index is 10.2. The molecular formula is C13H18O2S. The molecule has 3 heterocycles. The zero-order chi connectivity index (χ0) is 11.0. The van der Waals surface area contributed by atoms with Gasteiger partial charge in [-0.3, -0.25) is 0 Å². The van der Waals surface area contributed by atoms with Gasteiger partial charge in [0.15, 0.2) is 0 Å². The van der Waals surface area contributed by atoms with Crippen LogP contribution in [0.4, 0.5) is 0 Å². The van der Waals surface area contributed by atoms with Crippen LogP contribution in [-0.4, -0.2) is 23.4 Å². The molecule has 2 nitrogen and oxygen atoms in total. The zero-order valence-corrected chi connectivity index (χ0v) is 10.2. The zero-order valence-electron chi connectivity index (χ0n) is 9.34. The molecule has 2 aliphatic heterocycles. The molecule has 0 amide bonds. The first-order valence-corrected chi connectivity index (χ1v) is 7.12. The van der Waals surface area contributed by atoms with Crippen LogP contribution in [0.1, 0.15) is 31.2 Å². The van der Waals surface area contributed by atoms with Gasteiger partial charge < -0.3 is 9.84 Å². The van der Waals surface area contributed by atoms with Crippen molar-refractivity contribution in [3.63, 3.8) is 0 Å². The van der Waals surface area contributed by atoms with Crippen molar-refractivity contribution in [2.24, 2.45) is 5.92 Å². The Kier molecular flexibility index (Phi) is 3.01. The summed E-state index contributed by atoms with van der Waals surface area (Å²) >= 11 is 1.73. The van der Waals surface area contributed by atoms with Crippen LogP contribution in [0.2, 0.25) is 0 Å². The predicted molar refractivity (Wildman–Crippen MR) is 64.6 cm³/mol. The molecule has 0 aliphatic carbocycles. The summed E-state index contributed by atoms with van der Waals surface area (Å²) in [6.45, 7) is 0. The quantitative estimate of drug-likeness (QED) is 0.873. The second-order valence-electron chi connectivity index (χ2n) is 5.01. The van der Waals surface area contributed by atoms with Gasteiger partial charge in [-0.2, -0.15) is 11.3 Å². The van der Waals surface area contributed by atoms with E-state index in [9.17, 15) is 5.11 Å². The molecule has 3 heteroatoms. The predicted octanol–water partition coefficient (Wildman–Crippen LogP) is 2.61. The molecule has 0 saturated carbocycles. The van der Waals surface area contributed by atoms with E-state index in [1.165, 1.54) is 12.0 Å². The molecular weight excluding hydrogens is 220 g/mol. The highest BCUT2D eigenvalue weighted by atomic mass is 32.1. The molecule has 4 unspecified atom stereocenters. The molecule has 3 rings (SSSR count). The molecule has 1 aromatic rings. The van der Waals surface area contributed by atoms with Crippen LogP contribution in [0.5, 0.6) is 0 Å². The Morgan fingerprint density at radius 1 is 1.50 bits per heavy atom. The second kappa shape index (κ2) is 4.47. The molecule has 2 aliphatic rings. The van der Waals surface area contributed by atoms with Crippen LogP contribution in [0.25, 0.3) is 0 Å². The van der Waals surface area contributed by atoms with Gasteiger partial charge in [0.25, 0.3) is 0 Å². The number of hydrogen-bond donors (Lipinski definition) is 1. The van der Waals surface area contributed by atoms with Crippen LogP contribution < -0.4 is 0 Å². The SMILES string of the molecule is OC(CCc1ccsc1)C1CC2CCC1O2. The highest BCUT2D eigenvalue weighted by Gasteiger charge is 2.43. The lowest BCUT2D eigenvalue weighted by Gasteiger charge is -2.24. The third-order valence-electron chi connectivity index (χ3n) is 3.96. The monoisotopic (exact) mass is 238 g/mol. The summed E-state index contributed by atoms with van der Waals surface area (Å²) in [4.78, 5) is 0. The highest BCUT2D eigenvalue weighted by Crippen LogP contribution is 2.41. The summed E-state index contributed by atoms with van der Waals surface area (Å²) in [5, 5.41) is 14.5. The molecule has 1 aromatic heterocycles. The van der Waals surface area contributed by atoms with Crippen molar-refractivity contribution < 1.29 is 9.84 Å². The van der Waals surface area contributed by atoms with Gasteiger partial charge in [-0.25, -0.2) is 0 Å². The summed E-state index contributed by atoms with van der Waals surface area (Å²) in [6, 6.07) is 2.15. The number of aryl methyl sites for hydroxylation is 1. The Morgan fingerprint density at radius 3 is 3.06 bits per heavy atom. The second-order valence-corrected chi connectivity index (χ2v) is 5.79. The molecule has 16 heavy (non-hydrogen) atoms. The average Bonchev–Trinajstić information content (AvgIpc) is 3.01. The summed E-state index contributed by atoms with van der Waals surface area (Å²) in [6.07, 6.45) is 5.95. The average molecular weight is 238 g/mol. The van der Waals surface area contributed by atoms with Gasteiger partial charge in [-0.1, -0.05) is 0 Å². The van der Waals surface area contributed by atoms with E-state index >= 15 is 0 Å². The summed E-state index contributed by atoms with van der Waals surface area (Å²) < 4.78 is 5.79. The van der Waals surface area contributed by atoms with Crippen LogP contribution in [0.15, 0.2) is 16.8 Å². The van der Waals surface area contributed by atoms with E-state index in [2.05, 4.69) is 16.8 Å². The first-order chi connectivity index (χ1) is 7.83. The number of aliphatic hydroxyl groups is 1. The number of rotatable bonds is 4. The molecule has 2 saturated heterocycles. The molecule has 1 N–H and O–H groups in total. The molecule has 2 fully saturated rings. The van der Waals surface area contributed by atoms with Crippen molar-refractivity contribution >= 4 is 11.3 Å². The number of ether oxygens (including phenoxy) is 1. The van der Waals surface area contributed by atoms with Gasteiger partial charge in [0.1, 0.15) is 0 Å². The fourth-order valence-corrected chi connectivity index (χ4v) is 3.75. The van der Waals surface area contributed by atoms with E-state index in [0.717, 1.165) is 25.7 Å². The standard InChI is InChI=1S/C13H18O2S/c14-12(3-1-9-5-6-16-8-9)11-7-10-2-4-13(11)15-10/h5-6,8,10-14H,1-4,7H2. The summed E-state index contributed by atoms with van der Waals surface area (Å²) in [5.74, 6) is 0.400. The largest absolute Gasteiger partial charge is 0.393 e. The lowest BCUT2D eigenvalue weighted by molar-refractivity contribution is 0.0391. The molecule has 0 spiro atoms. The third-order valence-corrected chi connectivity index (χ3v) is 4.69. The van der Waals surface area contributed by atoms with Gasteiger partial charge in [-0.15, -0.1) is 0 Å². The van der Waals surface area contributed by atoms with Crippen LogP contribution in [0, 0.1) is 5.92 Å². The van der Waals surface area contributed by atoms with Gasteiger partial charge >= 0.3 is 0 Å². The topological polar surface area (TPSA) is 29.5 Å². The molecule has 0 radical (unpaired) electrons. The Hall–Kier alpha value is -0.380. The van der Waals surface area contributed by atoms with Crippen molar-refractivity contribution in [3.8, 4) is 0 Å². The van der Waals surface area contributed by atoms with E-state index in [4.69, 9.17) is 4.74 Å². The Balaban J connectivity index is 1.52. The highest BCUT2D eigenvalue weighted by molar-refractivity contribution is 7.07. The third kappa shape index (κ3) is 2.04. The van der Waals surface area contributed by atoms with Gasteiger partial charge in [0.2, 0.25) is 0 Å². The maximum atomic E-state index is 10.2. The number of hydrogen-bond acceptors (Lipinski definition) is 3. The first-order valence-electron chi connectivity index (χ1n) is 6.17. The van der Waals surface area contributed by atoms with Crippen LogP contribution in [-0.2, 0) is 11.2 Å². The van der Waals surface area contributed by atoms with E-state index < -0.39 is 0 Å². The molecule has 88 valence electrons. The summed E-state index contributed by atoms with van der Waals surface area (Å²) in [7, 11) is 0. The minimum atomic E-state index is -0.171. The van der Waals surface area contributed by atoms with Crippen molar-refractivity contribution in [1.29, 1.82) is 0 Å². The number of aliphatic hydroxyl groups excluding tert-OH is 1. The van der Waals surface area contributed by atoms with Gasteiger partial charge in [0.05, 0.1) is 18.3 Å². The van der Waals surface area contributed by atoms with Gasteiger partial charge in [-0.05, 0) is 54.5 Å². The smallest absolute Gasteiger partial charge is 0.0633 e. The number of thiophene rings is 1. The Bertz CT molecular complexity index is 336. The van der Waals surface area contributed by atoms with Crippen molar-refractivity contribution in [1.82, 2.24) is 0 Å². The van der Waals surface area contributed by atoms with E-state index in [1.807, 2.05) is 0 Å².